The predicted octanol–water partition coefficient (Wildman–Crippen LogP) is -1.43. The molecule has 1 aromatic carbocycles. The number of benzene rings is 1. The molecular weight excluding hydrogens is 312 g/mol. The Morgan fingerprint density at radius 3 is 2.27 bits per heavy atom. The van der Waals surface area contributed by atoms with Crippen LogP contribution in [0.3, 0.4) is 0 Å². The fourth-order valence-corrected chi connectivity index (χ4v) is 1.99. The van der Waals surface area contributed by atoms with Crippen LogP contribution in [0, 0.1) is 24.1 Å². The quantitative estimate of drug-likeness (QED) is 0.548. The van der Waals surface area contributed by atoms with E-state index >= 15 is 0 Å². The van der Waals surface area contributed by atoms with E-state index in [0.717, 1.165) is 28.4 Å². The van der Waals surface area contributed by atoms with Gasteiger partial charge in [-0.05, 0) is 16.5 Å². The lowest BCUT2D eigenvalue weighted by molar-refractivity contribution is -1.92. The van der Waals surface area contributed by atoms with E-state index in [-0.39, 0.29) is 0 Å². The molecule has 3 rings (SSSR count). The van der Waals surface area contributed by atoms with Crippen molar-refractivity contribution < 1.29 is 38.0 Å². The average molecular weight is 326 g/mol. The van der Waals surface area contributed by atoms with Crippen LogP contribution in [0.15, 0.2) is 47.0 Å². The molecule has 0 saturated heterocycles. The van der Waals surface area contributed by atoms with Crippen LogP contribution in [0.2, 0.25) is 0 Å². The first-order chi connectivity index (χ1) is 10.2. The Balaban J connectivity index is 0.000000309. The van der Waals surface area contributed by atoms with Gasteiger partial charge in [0.1, 0.15) is 0 Å². The molecule has 0 aliphatic heterocycles. The fraction of sp³-hybridized carbons (Fsp3) is 0.143. The van der Waals surface area contributed by atoms with Crippen LogP contribution in [-0.4, -0.2) is 9.64 Å². The number of hydrogen-bond acceptors (Lipinski definition) is 6. The van der Waals surface area contributed by atoms with Gasteiger partial charge >= 0.3 is 5.65 Å². The summed E-state index contributed by atoms with van der Waals surface area (Å²) in [6, 6.07) is 14.2. The smallest absolute Gasteiger partial charge is 0.300 e. The van der Waals surface area contributed by atoms with Crippen molar-refractivity contribution in [2.24, 2.45) is 0 Å². The molecule has 22 heavy (non-hydrogen) atoms. The molecule has 0 fully saturated rings. The lowest BCUT2D eigenvalue weighted by Gasteiger charge is -2.03. The normalized spacial score (nSPS) is 11.2. The Hall–Kier alpha value is -2.03. The van der Waals surface area contributed by atoms with Crippen LogP contribution < -0.4 is 18.6 Å². The zero-order valence-electron chi connectivity index (χ0n) is 11.9. The summed E-state index contributed by atoms with van der Waals surface area (Å²) in [4.78, 5) is 4.45. The summed E-state index contributed by atoms with van der Waals surface area (Å²) in [6.07, 6.45) is 0. The van der Waals surface area contributed by atoms with E-state index in [1.807, 2.05) is 44.2 Å². The molecule has 0 atom stereocenters. The second-order valence-corrected chi connectivity index (χ2v) is 5.34. The van der Waals surface area contributed by atoms with E-state index in [9.17, 15) is 0 Å². The van der Waals surface area contributed by atoms with Crippen LogP contribution in [0.5, 0.6) is 0 Å². The van der Waals surface area contributed by atoms with Gasteiger partial charge in [0.2, 0.25) is 0 Å². The third-order valence-corrected chi connectivity index (χ3v) is 2.70. The number of hydrogen-bond donors (Lipinski definition) is 1. The molecule has 0 amide bonds. The van der Waals surface area contributed by atoms with Crippen LogP contribution in [0.1, 0.15) is 11.5 Å². The third-order valence-electron chi connectivity index (χ3n) is 2.70. The summed E-state index contributed by atoms with van der Waals surface area (Å²) in [7, 11) is -4.69. The van der Waals surface area contributed by atoms with Crippen molar-refractivity contribution in [3.8, 4) is 11.3 Å². The fourth-order valence-electron chi connectivity index (χ4n) is 1.99. The highest BCUT2D eigenvalue weighted by atomic mass is 35.7. The number of aryl methyl sites for hydroxylation is 2. The summed E-state index contributed by atoms with van der Waals surface area (Å²) in [5.74, 6) is 0.861. The Labute approximate surface area is 128 Å². The molecule has 0 aliphatic carbocycles. The summed E-state index contributed by atoms with van der Waals surface area (Å²) >= 11 is 0. The third kappa shape index (κ3) is 4.48. The molecule has 2 heterocycles. The van der Waals surface area contributed by atoms with E-state index in [4.69, 9.17) is 23.2 Å². The zero-order valence-corrected chi connectivity index (χ0v) is 12.6. The van der Waals surface area contributed by atoms with E-state index in [1.54, 1.807) is 4.57 Å². The van der Waals surface area contributed by atoms with Crippen LogP contribution >= 0.6 is 0 Å². The van der Waals surface area contributed by atoms with Gasteiger partial charge in [0.25, 0.3) is 0 Å². The van der Waals surface area contributed by atoms with E-state index in [1.165, 1.54) is 0 Å². The van der Waals surface area contributed by atoms with Crippen molar-refractivity contribution in [2.75, 3.05) is 0 Å². The maximum absolute atomic E-state index is 8.60. The molecule has 0 bridgehead atoms. The molecule has 0 spiro atoms. The highest BCUT2D eigenvalue weighted by Crippen LogP contribution is 2.17. The molecule has 8 heteroatoms. The summed E-state index contributed by atoms with van der Waals surface area (Å²) in [5, 5.41) is 0. The van der Waals surface area contributed by atoms with E-state index in [2.05, 4.69) is 17.1 Å². The molecule has 3 aromatic rings. The lowest BCUT2D eigenvalue weighted by Crippen LogP contribution is -2.58. The maximum Gasteiger partial charge on any atom is 0.366 e. The minimum Gasteiger partial charge on any atom is -0.300 e. The van der Waals surface area contributed by atoms with Gasteiger partial charge in [-0.1, -0.05) is 30.3 Å². The van der Waals surface area contributed by atoms with Gasteiger partial charge in [-0.3, -0.25) is 0 Å². The van der Waals surface area contributed by atoms with Gasteiger partial charge in [0.05, 0.1) is 21.0 Å². The monoisotopic (exact) mass is 325 g/mol. The lowest BCUT2D eigenvalue weighted by atomic mass is 10.1. The molecule has 0 radical (unpaired) electrons. The van der Waals surface area contributed by atoms with Crippen molar-refractivity contribution in [3.05, 3.63) is 53.9 Å². The van der Waals surface area contributed by atoms with Gasteiger partial charge < -0.3 is 4.52 Å². The first kappa shape index (κ1) is 16.3. The summed E-state index contributed by atoms with van der Waals surface area (Å²) in [5.41, 5.74) is 3.99. The Morgan fingerprint density at radius 1 is 1.09 bits per heavy atom. The first-order valence-electron chi connectivity index (χ1n) is 6.23. The second kappa shape index (κ2) is 6.39. The van der Waals surface area contributed by atoms with Crippen LogP contribution in [-0.2, 0) is 0 Å². The van der Waals surface area contributed by atoms with Crippen molar-refractivity contribution in [1.29, 1.82) is 0 Å². The molecule has 0 saturated carbocycles. The SMILES string of the molecule is Cc1cc(-c2ccccc2)[n+]2oc(C)cc2n1.[O-][Cl+3]([O-])([O-])O. The first-order valence-corrected chi connectivity index (χ1v) is 7.49. The Kier molecular flexibility index (Phi) is 4.74. The maximum atomic E-state index is 8.60. The molecular formula is C14H14ClN2O5+. The number of nitrogens with zero attached hydrogens (tertiary/aromatic N) is 2. The predicted molar refractivity (Wildman–Crippen MR) is 66.8 cm³/mol. The number of rotatable bonds is 1. The zero-order chi connectivity index (χ0) is 16.3. The van der Waals surface area contributed by atoms with Gasteiger partial charge in [-0.15, -0.1) is 0 Å². The van der Waals surface area contributed by atoms with E-state index in [0.29, 0.717) is 0 Å². The van der Waals surface area contributed by atoms with Crippen molar-refractivity contribution in [1.82, 2.24) is 4.98 Å². The standard InChI is InChI=1S/C14H13N2O.ClHO4/c1-10-8-13(12-6-4-3-5-7-12)16-14(15-10)9-11(2)17-16;2-1(3,4)5/h3-9H,1-2H3;(H,2,3,4,5)/q+1;. The van der Waals surface area contributed by atoms with E-state index < -0.39 is 10.2 Å². The van der Waals surface area contributed by atoms with Crippen LogP contribution in [0.25, 0.3) is 16.9 Å². The molecule has 1 N–H and O–H groups in total. The van der Waals surface area contributed by atoms with Crippen LogP contribution in [0.4, 0.5) is 0 Å². The number of aromatic nitrogens is 2. The molecule has 7 nitrogen and oxygen atoms in total. The highest BCUT2D eigenvalue weighted by Gasteiger charge is 2.17. The van der Waals surface area contributed by atoms with Gasteiger partial charge in [-0.2, -0.15) is 14.0 Å². The van der Waals surface area contributed by atoms with Gasteiger partial charge in [0, 0.05) is 18.6 Å². The molecule has 0 aliphatic rings. The molecule has 0 unspecified atom stereocenters. The van der Waals surface area contributed by atoms with Crippen molar-refractivity contribution in [2.45, 2.75) is 13.8 Å². The Bertz CT molecular complexity index is 762. The topological polar surface area (TPSA) is 120 Å². The Morgan fingerprint density at radius 2 is 1.68 bits per heavy atom. The summed E-state index contributed by atoms with van der Waals surface area (Å²) < 4.78 is 40.2. The second-order valence-electron chi connectivity index (χ2n) is 4.54. The van der Waals surface area contributed by atoms with Crippen molar-refractivity contribution in [3.63, 3.8) is 0 Å². The molecule has 2 aromatic heterocycles. The number of fused-ring (bicyclic) bond motifs is 1. The van der Waals surface area contributed by atoms with Crippen molar-refractivity contribution >= 4 is 5.65 Å². The molecule has 116 valence electrons. The highest BCUT2D eigenvalue weighted by molar-refractivity contribution is 5.57. The average Bonchev–Trinajstić information content (AvgIpc) is 2.77. The van der Waals surface area contributed by atoms with Gasteiger partial charge in [0.15, 0.2) is 17.1 Å². The van der Waals surface area contributed by atoms with Gasteiger partial charge in [-0.25, -0.2) is 0 Å². The largest absolute Gasteiger partial charge is 0.366 e. The summed E-state index contributed by atoms with van der Waals surface area (Å²) in [6.45, 7) is 3.92. The number of halogens is 1. The minimum atomic E-state index is -4.69. The minimum absolute atomic E-state index is 0.848.